The zero-order valence-electron chi connectivity index (χ0n) is 14.6. The normalized spacial score (nSPS) is 11.7. The van der Waals surface area contributed by atoms with Gasteiger partial charge in [-0.25, -0.2) is 0 Å². The molecule has 2 N–H and O–H groups in total. The molecule has 0 fully saturated rings. The average Bonchev–Trinajstić information content (AvgIpc) is 3.14. The number of carbonyl (C=O) groups excluding carboxylic acids is 2. The second-order valence-corrected chi connectivity index (χ2v) is 6.18. The molecule has 2 aromatic heterocycles. The SMILES string of the molecule is CC(=O)Nc1ccc(Cl)c(C(=O)N[C@@H](C)c2nc(-c3cccnc3)no2)c1. The molecule has 138 valence electrons. The van der Waals surface area contributed by atoms with E-state index in [9.17, 15) is 9.59 Å². The molecule has 27 heavy (non-hydrogen) atoms. The molecule has 0 saturated carbocycles. The van der Waals surface area contributed by atoms with Gasteiger partial charge in [-0.2, -0.15) is 4.98 Å². The van der Waals surface area contributed by atoms with E-state index in [1.165, 1.54) is 13.0 Å². The molecule has 0 aliphatic carbocycles. The quantitative estimate of drug-likeness (QED) is 0.697. The van der Waals surface area contributed by atoms with E-state index < -0.39 is 11.9 Å². The van der Waals surface area contributed by atoms with Gasteiger partial charge in [-0.1, -0.05) is 16.8 Å². The van der Waals surface area contributed by atoms with Gasteiger partial charge >= 0.3 is 0 Å². The molecular weight excluding hydrogens is 370 g/mol. The number of benzene rings is 1. The number of nitrogens with one attached hydrogen (secondary N) is 2. The smallest absolute Gasteiger partial charge is 0.253 e. The van der Waals surface area contributed by atoms with Crippen LogP contribution in [0.25, 0.3) is 11.4 Å². The highest BCUT2D eigenvalue weighted by Crippen LogP contribution is 2.22. The molecule has 0 aliphatic heterocycles. The summed E-state index contributed by atoms with van der Waals surface area (Å²) >= 11 is 6.11. The molecule has 0 bridgehead atoms. The number of rotatable bonds is 5. The zero-order valence-corrected chi connectivity index (χ0v) is 15.3. The van der Waals surface area contributed by atoms with Gasteiger partial charge in [0.05, 0.1) is 10.6 Å². The number of pyridine rings is 1. The molecule has 0 spiro atoms. The number of halogens is 1. The van der Waals surface area contributed by atoms with Crippen LogP contribution >= 0.6 is 11.6 Å². The maximum absolute atomic E-state index is 12.6. The zero-order chi connectivity index (χ0) is 19.4. The molecule has 8 nitrogen and oxygen atoms in total. The third-order valence-corrected chi connectivity index (χ3v) is 3.94. The summed E-state index contributed by atoms with van der Waals surface area (Å²) in [6.07, 6.45) is 3.26. The van der Waals surface area contributed by atoms with Gasteiger partial charge < -0.3 is 15.2 Å². The fourth-order valence-electron chi connectivity index (χ4n) is 2.34. The Balaban J connectivity index is 1.74. The molecule has 1 aromatic carbocycles. The lowest BCUT2D eigenvalue weighted by Crippen LogP contribution is -2.27. The van der Waals surface area contributed by atoms with Crippen molar-refractivity contribution in [2.45, 2.75) is 19.9 Å². The van der Waals surface area contributed by atoms with E-state index >= 15 is 0 Å². The Kier molecular flexibility index (Phi) is 5.46. The van der Waals surface area contributed by atoms with Gasteiger partial charge in [-0.3, -0.25) is 14.6 Å². The molecule has 3 aromatic rings. The summed E-state index contributed by atoms with van der Waals surface area (Å²) < 4.78 is 5.23. The van der Waals surface area contributed by atoms with E-state index in [1.54, 1.807) is 43.6 Å². The Morgan fingerprint density at radius 3 is 2.78 bits per heavy atom. The average molecular weight is 386 g/mol. The fraction of sp³-hybridized carbons (Fsp3) is 0.167. The molecule has 1 atom stereocenters. The fourth-order valence-corrected chi connectivity index (χ4v) is 2.54. The van der Waals surface area contributed by atoms with Crippen molar-refractivity contribution in [3.05, 3.63) is 59.2 Å². The van der Waals surface area contributed by atoms with Gasteiger partial charge in [0.15, 0.2) is 0 Å². The lowest BCUT2D eigenvalue weighted by atomic mass is 10.1. The number of aromatic nitrogens is 3. The van der Waals surface area contributed by atoms with Crippen LogP contribution in [0.5, 0.6) is 0 Å². The highest BCUT2D eigenvalue weighted by Gasteiger charge is 2.20. The summed E-state index contributed by atoms with van der Waals surface area (Å²) in [7, 11) is 0. The van der Waals surface area contributed by atoms with Gasteiger partial charge in [0.25, 0.3) is 5.91 Å². The predicted molar refractivity (Wildman–Crippen MR) is 99.2 cm³/mol. The Labute approximate surface area is 160 Å². The minimum atomic E-state index is -0.545. The highest BCUT2D eigenvalue weighted by molar-refractivity contribution is 6.34. The van der Waals surface area contributed by atoms with Gasteiger partial charge in [0.2, 0.25) is 17.6 Å². The van der Waals surface area contributed by atoms with Crippen LogP contribution in [0.2, 0.25) is 5.02 Å². The third kappa shape index (κ3) is 4.48. The van der Waals surface area contributed by atoms with E-state index in [0.29, 0.717) is 17.1 Å². The number of carbonyl (C=O) groups is 2. The van der Waals surface area contributed by atoms with E-state index in [0.717, 1.165) is 0 Å². The Bertz CT molecular complexity index is 974. The molecular formula is C18H16ClN5O3. The lowest BCUT2D eigenvalue weighted by molar-refractivity contribution is -0.114. The summed E-state index contributed by atoms with van der Waals surface area (Å²) in [4.78, 5) is 32.0. The molecule has 0 aliphatic rings. The summed E-state index contributed by atoms with van der Waals surface area (Å²) in [5.74, 6) is -0.0482. The molecule has 9 heteroatoms. The highest BCUT2D eigenvalue weighted by atomic mass is 35.5. The topological polar surface area (TPSA) is 110 Å². The number of nitrogens with zero attached hydrogens (tertiary/aromatic N) is 3. The van der Waals surface area contributed by atoms with E-state index in [-0.39, 0.29) is 22.4 Å². The summed E-state index contributed by atoms with van der Waals surface area (Å²) in [6, 6.07) is 7.68. The van der Waals surface area contributed by atoms with Crippen LogP contribution in [0.3, 0.4) is 0 Å². The van der Waals surface area contributed by atoms with Crippen molar-refractivity contribution < 1.29 is 14.1 Å². The first-order valence-corrected chi connectivity index (χ1v) is 8.44. The Morgan fingerprint density at radius 2 is 2.07 bits per heavy atom. The van der Waals surface area contributed by atoms with Crippen molar-refractivity contribution in [3.8, 4) is 11.4 Å². The number of amides is 2. The van der Waals surface area contributed by atoms with Gasteiger partial charge in [-0.15, -0.1) is 0 Å². The van der Waals surface area contributed by atoms with Crippen LogP contribution in [0.1, 0.15) is 36.1 Å². The number of hydrogen-bond acceptors (Lipinski definition) is 6. The van der Waals surface area contributed by atoms with Crippen molar-refractivity contribution in [1.82, 2.24) is 20.4 Å². The predicted octanol–water partition coefficient (Wildman–Crippen LogP) is 3.23. The number of hydrogen-bond donors (Lipinski definition) is 2. The third-order valence-electron chi connectivity index (χ3n) is 3.61. The second-order valence-electron chi connectivity index (χ2n) is 5.77. The molecule has 0 saturated heterocycles. The van der Waals surface area contributed by atoms with E-state index in [1.807, 2.05) is 0 Å². The maximum Gasteiger partial charge on any atom is 0.253 e. The van der Waals surface area contributed by atoms with Gasteiger partial charge in [0, 0.05) is 30.6 Å². The first kappa shape index (κ1) is 18.5. The van der Waals surface area contributed by atoms with Crippen molar-refractivity contribution in [2.75, 3.05) is 5.32 Å². The monoisotopic (exact) mass is 385 g/mol. The summed E-state index contributed by atoms with van der Waals surface area (Å²) in [6.45, 7) is 3.09. The number of anilines is 1. The maximum atomic E-state index is 12.6. The Hall–Kier alpha value is -3.26. The second kappa shape index (κ2) is 7.96. The van der Waals surface area contributed by atoms with Crippen LogP contribution in [-0.4, -0.2) is 26.9 Å². The van der Waals surface area contributed by atoms with E-state index in [4.69, 9.17) is 16.1 Å². The summed E-state index contributed by atoms with van der Waals surface area (Å²) in [5.41, 5.74) is 1.40. The summed E-state index contributed by atoms with van der Waals surface area (Å²) in [5, 5.41) is 9.52. The van der Waals surface area contributed by atoms with Crippen LogP contribution in [0.15, 0.2) is 47.2 Å². The van der Waals surface area contributed by atoms with Crippen LogP contribution < -0.4 is 10.6 Å². The van der Waals surface area contributed by atoms with Gasteiger partial charge in [-0.05, 0) is 37.3 Å². The molecule has 2 amide bonds. The molecule has 0 unspecified atom stereocenters. The van der Waals surface area contributed by atoms with Gasteiger partial charge in [0.1, 0.15) is 6.04 Å². The van der Waals surface area contributed by atoms with Crippen LogP contribution in [0.4, 0.5) is 5.69 Å². The van der Waals surface area contributed by atoms with Crippen molar-refractivity contribution in [3.63, 3.8) is 0 Å². The lowest BCUT2D eigenvalue weighted by Gasteiger charge is -2.12. The van der Waals surface area contributed by atoms with Crippen molar-refractivity contribution in [2.24, 2.45) is 0 Å². The van der Waals surface area contributed by atoms with Crippen LogP contribution in [-0.2, 0) is 4.79 Å². The first-order chi connectivity index (χ1) is 12.9. The molecule has 0 radical (unpaired) electrons. The minimum absolute atomic E-state index is 0.224. The van der Waals surface area contributed by atoms with Crippen molar-refractivity contribution >= 4 is 29.1 Å². The largest absolute Gasteiger partial charge is 0.340 e. The molecule has 3 rings (SSSR count). The standard InChI is InChI=1S/C18H16ClN5O3/c1-10(18-23-16(24-27-18)12-4-3-7-20-9-12)21-17(26)14-8-13(22-11(2)25)5-6-15(14)19/h3-10H,1-2H3,(H,21,26)(H,22,25)/t10-/m0/s1. The Morgan fingerprint density at radius 1 is 1.26 bits per heavy atom. The van der Waals surface area contributed by atoms with Crippen molar-refractivity contribution in [1.29, 1.82) is 0 Å². The van der Waals surface area contributed by atoms with E-state index in [2.05, 4.69) is 25.8 Å². The van der Waals surface area contributed by atoms with Crippen LogP contribution in [0, 0.1) is 0 Å². The molecule has 2 heterocycles. The minimum Gasteiger partial charge on any atom is -0.340 e. The first-order valence-electron chi connectivity index (χ1n) is 8.06.